The summed E-state index contributed by atoms with van der Waals surface area (Å²) in [6, 6.07) is 3.01. The van der Waals surface area contributed by atoms with Crippen molar-refractivity contribution in [2.24, 2.45) is 39.9 Å². The summed E-state index contributed by atoms with van der Waals surface area (Å²) in [4.78, 5) is 27.6. The fourth-order valence-electron chi connectivity index (χ4n) is 9.42. The van der Waals surface area contributed by atoms with Crippen molar-refractivity contribution in [2.45, 2.75) is 85.0 Å². The highest BCUT2D eigenvalue weighted by Crippen LogP contribution is 2.70. The van der Waals surface area contributed by atoms with Gasteiger partial charge < -0.3 is 29.0 Å². The molecule has 0 saturated heterocycles. The Hall–Kier alpha value is -2.01. The predicted molar refractivity (Wildman–Crippen MR) is 150 cm³/mol. The molecule has 226 valence electrons. The fraction of sp³-hybridized carbons (Fsp3) is 0.742. The number of aliphatic carboxylic acids is 1. The van der Waals surface area contributed by atoms with Crippen molar-refractivity contribution >= 4 is 24.3 Å². The van der Waals surface area contributed by atoms with Crippen LogP contribution in [0, 0.1) is 45.7 Å². The second-order valence-corrected chi connectivity index (χ2v) is 13.5. The molecule has 0 radical (unpaired) electrons. The molecular formula is C31H44BFO8. The first-order valence-corrected chi connectivity index (χ1v) is 14.9. The molecule has 41 heavy (non-hydrogen) atoms. The van der Waals surface area contributed by atoms with Crippen LogP contribution in [0.1, 0.15) is 71.8 Å². The number of carboxylic acid groups (broad SMARTS) is 1. The molecule has 1 heterocycles. The molecule has 9 atom stereocenters. The van der Waals surface area contributed by atoms with Crippen LogP contribution in [0.25, 0.3) is 0 Å². The van der Waals surface area contributed by atoms with Gasteiger partial charge in [-0.05, 0) is 72.8 Å². The van der Waals surface area contributed by atoms with Crippen LogP contribution in [0.2, 0.25) is 0 Å². The monoisotopic (exact) mass is 574 g/mol. The molecule has 1 aliphatic heterocycles. The first-order valence-electron chi connectivity index (χ1n) is 14.9. The van der Waals surface area contributed by atoms with Crippen molar-refractivity contribution in [2.75, 3.05) is 20.8 Å². The van der Waals surface area contributed by atoms with Crippen LogP contribution in [0.15, 0.2) is 12.1 Å². The lowest BCUT2D eigenvalue weighted by Crippen LogP contribution is -2.63. The number of rotatable bonds is 8. The number of hydrogen-bond acceptors (Lipinski definition) is 7. The van der Waals surface area contributed by atoms with Crippen molar-refractivity contribution in [1.29, 1.82) is 0 Å². The Morgan fingerprint density at radius 1 is 1.22 bits per heavy atom. The fourth-order valence-corrected chi connectivity index (χ4v) is 9.42. The third-order valence-electron chi connectivity index (χ3n) is 11.9. The van der Waals surface area contributed by atoms with Crippen molar-refractivity contribution in [1.82, 2.24) is 0 Å². The number of ether oxygens (including phenoxy) is 3. The molecule has 0 spiro atoms. The Labute approximate surface area is 242 Å². The van der Waals surface area contributed by atoms with Gasteiger partial charge in [-0.15, -0.1) is 0 Å². The van der Waals surface area contributed by atoms with Crippen molar-refractivity contribution < 1.29 is 43.0 Å². The van der Waals surface area contributed by atoms with Crippen LogP contribution in [0.3, 0.4) is 0 Å². The van der Waals surface area contributed by atoms with Gasteiger partial charge in [-0.25, -0.2) is 9.18 Å². The summed E-state index contributed by atoms with van der Waals surface area (Å²) in [7, 11) is 1.87. The number of Topliss-reactive ketones (excluding diaryl/α,β-unsaturated/α-hetero) is 1. The van der Waals surface area contributed by atoms with Crippen LogP contribution >= 0.6 is 0 Å². The summed E-state index contributed by atoms with van der Waals surface area (Å²) in [5.41, 5.74) is -1.30. The summed E-state index contributed by atoms with van der Waals surface area (Å²) in [5, 5.41) is 21.0. The van der Waals surface area contributed by atoms with Crippen molar-refractivity contribution in [3.63, 3.8) is 0 Å². The summed E-state index contributed by atoms with van der Waals surface area (Å²) in [6.45, 7) is 8.76. The molecule has 1 unspecified atom stereocenters. The number of carboxylic acids is 1. The van der Waals surface area contributed by atoms with E-state index in [0.717, 1.165) is 25.7 Å². The molecule has 2 bridgehead atoms. The molecule has 3 fully saturated rings. The number of carbonyl (C=O) groups excluding carboxylic acids is 1. The molecule has 8 nitrogen and oxygen atoms in total. The van der Waals surface area contributed by atoms with E-state index in [1.165, 1.54) is 6.07 Å². The predicted octanol–water partition coefficient (Wildman–Crippen LogP) is 3.99. The quantitative estimate of drug-likeness (QED) is 0.449. The summed E-state index contributed by atoms with van der Waals surface area (Å²) in [6.07, 6.45) is 2.53. The Balaban J connectivity index is 1.68. The summed E-state index contributed by atoms with van der Waals surface area (Å²) in [5.74, 6) is -2.95. The van der Waals surface area contributed by atoms with Gasteiger partial charge in [0.25, 0.3) is 0 Å². The highest BCUT2D eigenvalue weighted by molar-refractivity contribution is 6.61. The topological polar surface area (TPSA) is 112 Å². The van der Waals surface area contributed by atoms with Crippen molar-refractivity contribution in [3.05, 3.63) is 23.5 Å². The van der Waals surface area contributed by atoms with E-state index in [0.29, 0.717) is 18.6 Å². The van der Waals surface area contributed by atoms with Gasteiger partial charge in [-0.2, -0.15) is 0 Å². The van der Waals surface area contributed by atoms with E-state index in [2.05, 4.69) is 20.8 Å². The lowest BCUT2D eigenvalue weighted by atomic mass is 9.41. The summed E-state index contributed by atoms with van der Waals surface area (Å²) >= 11 is 0. The number of fused-ring (bicyclic) bond motifs is 1. The van der Waals surface area contributed by atoms with Crippen LogP contribution in [-0.2, 0) is 30.3 Å². The standard InChI is InChI=1S/C31H44BFO8/c1-17-9-11-31-12-10-22(39-6)26(31)30(17,4)20(15-29(3,13-14-38-5)27(34)18(31)2)25(28(35)36)41-21-8-7-19-16-40-32(37)23(19)24(21)33/h7-8,17-18,20,22,25-26,37H,9-16H2,1-6H3,(H,35,36)/t17-,18+,20+,22-,25?,26-,29+,30-,31+/m1/s1. The molecule has 2 N–H and O–H groups in total. The van der Waals surface area contributed by atoms with Gasteiger partial charge in [0.1, 0.15) is 5.78 Å². The van der Waals surface area contributed by atoms with Gasteiger partial charge in [0.05, 0.1) is 12.7 Å². The van der Waals surface area contributed by atoms with Gasteiger partial charge >= 0.3 is 13.1 Å². The van der Waals surface area contributed by atoms with Crippen LogP contribution in [0.5, 0.6) is 5.75 Å². The van der Waals surface area contributed by atoms with Gasteiger partial charge in [-0.1, -0.05) is 33.8 Å². The molecular weight excluding hydrogens is 530 g/mol. The maximum absolute atomic E-state index is 15.7. The first kappa shape index (κ1) is 30.5. The van der Waals surface area contributed by atoms with E-state index < -0.39 is 41.8 Å². The van der Waals surface area contributed by atoms with E-state index in [9.17, 15) is 19.7 Å². The summed E-state index contributed by atoms with van der Waals surface area (Å²) < 4.78 is 38.6. The zero-order chi connectivity index (χ0) is 29.9. The minimum atomic E-state index is -1.44. The van der Waals surface area contributed by atoms with Crippen LogP contribution in [-0.4, -0.2) is 62.0 Å². The van der Waals surface area contributed by atoms with Gasteiger partial charge in [-0.3, -0.25) is 4.79 Å². The first-order chi connectivity index (χ1) is 19.4. The van der Waals surface area contributed by atoms with E-state index in [4.69, 9.17) is 18.9 Å². The maximum Gasteiger partial charge on any atom is 0.494 e. The number of hydrogen-bond donors (Lipinski definition) is 2. The molecule has 1 aromatic carbocycles. The van der Waals surface area contributed by atoms with Gasteiger partial charge in [0, 0.05) is 43.5 Å². The number of benzene rings is 1. The Morgan fingerprint density at radius 3 is 2.59 bits per heavy atom. The number of methoxy groups -OCH3 is 2. The van der Waals surface area contributed by atoms with E-state index in [1.807, 2.05) is 6.92 Å². The maximum atomic E-state index is 15.7. The molecule has 10 heteroatoms. The third kappa shape index (κ3) is 4.55. The highest BCUT2D eigenvalue weighted by Gasteiger charge is 2.69. The third-order valence-corrected chi connectivity index (χ3v) is 11.9. The second-order valence-electron chi connectivity index (χ2n) is 13.5. The Bertz CT molecular complexity index is 1190. The Kier molecular flexibility index (Phi) is 8.11. The van der Waals surface area contributed by atoms with Crippen LogP contribution < -0.4 is 10.2 Å². The minimum absolute atomic E-state index is 0.0234. The SMILES string of the molecule is COCC[C@@]1(C)C[C@@H](C(Oc2ccc3c(c2F)B(O)OC3)C(=O)O)[C@@]2(C)[C@H](C)CC[C@]3(CC[C@@H](OC)[C@@H]32)[C@@H](C)C1=O. The number of ketones is 1. The molecule has 0 amide bonds. The average molecular weight is 574 g/mol. The second kappa shape index (κ2) is 10.9. The van der Waals surface area contributed by atoms with E-state index in [-0.39, 0.29) is 59.3 Å². The lowest BCUT2D eigenvalue weighted by molar-refractivity contribution is -0.194. The normalized spacial score (nSPS) is 39.1. The van der Waals surface area contributed by atoms with Crippen LogP contribution in [0.4, 0.5) is 4.39 Å². The average Bonchev–Trinajstić information content (AvgIpc) is 3.53. The molecule has 4 aliphatic rings. The lowest BCUT2D eigenvalue weighted by Gasteiger charge is -2.63. The molecule has 3 saturated carbocycles. The Morgan fingerprint density at radius 2 is 1.93 bits per heavy atom. The highest BCUT2D eigenvalue weighted by atomic mass is 19.1. The molecule has 5 rings (SSSR count). The zero-order valence-corrected chi connectivity index (χ0v) is 25.1. The van der Waals surface area contributed by atoms with E-state index in [1.54, 1.807) is 20.3 Å². The van der Waals surface area contributed by atoms with Crippen molar-refractivity contribution in [3.8, 4) is 5.75 Å². The largest absolute Gasteiger partial charge is 0.494 e. The molecule has 1 aromatic rings. The zero-order valence-electron chi connectivity index (χ0n) is 25.1. The minimum Gasteiger partial charge on any atom is -0.478 e. The van der Waals surface area contributed by atoms with Gasteiger partial charge in [0.2, 0.25) is 0 Å². The van der Waals surface area contributed by atoms with Gasteiger partial charge in [0.15, 0.2) is 17.7 Å². The smallest absolute Gasteiger partial charge is 0.478 e. The number of halogens is 1. The van der Waals surface area contributed by atoms with E-state index >= 15 is 4.39 Å². The molecule has 3 aliphatic carbocycles. The number of carbonyl (C=O) groups is 2. The molecule has 0 aromatic heterocycles.